The van der Waals surface area contributed by atoms with Gasteiger partial charge < -0.3 is 4.98 Å². The standard InChI is InChI=1S/C13H12N4OS/c18-11(17-13-14-6-7-15-13)10-8-19-12(16-10)9-4-2-1-3-5-9/h1-7,10H,8H2,(H2,14,15,17,18). The Morgan fingerprint density at radius 3 is 2.95 bits per heavy atom. The fourth-order valence-electron chi connectivity index (χ4n) is 1.78. The van der Waals surface area contributed by atoms with Crippen LogP contribution in [0.15, 0.2) is 47.7 Å². The van der Waals surface area contributed by atoms with Crippen molar-refractivity contribution in [2.75, 3.05) is 11.1 Å². The number of carbonyl (C=O) groups is 1. The van der Waals surface area contributed by atoms with Crippen LogP contribution < -0.4 is 5.32 Å². The minimum Gasteiger partial charge on any atom is -0.331 e. The third kappa shape index (κ3) is 2.68. The number of anilines is 1. The van der Waals surface area contributed by atoms with Crippen LogP contribution in [0.5, 0.6) is 0 Å². The highest BCUT2D eigenvalue weighted by molar-refractivity contribution is 8.14. The van der Waals surface area contributed by atoms with E-state index in [0.29, 0.717) is 11.7 Å². The molecule has 1 unspecified atom stereocenters. The van der Waals surface area contributed by atoms with E-state index in [1.807, 2.05) is 30.3 Å². The number of nitrogens with one attached hydrogen (secondary N) is 2. The van der Waals surface area contributed by atoms with Gasteiger partial charge in [0.25, 0.3) is 5.91 Å². The number of imidazole rings is 1. The highest BCUT2D eigenvalue weighted by Crippen LogP contribution is 2.23. The molecule has 2 N–H and O–H groups in total. The number of hydrogen-bond donors (Lipinski definition) is 2. The van der Waals surface area contributed by atoms with Crippen molar-refractivity contribution >= 4 is 28.7 Å². The summed E-state index contributed by atoms with van der Waals surface area (Å²) in [4.78, 5) is 23.3. The zero-order chi connectivity index (χ0) is 13.1. The van der Waals surface area contributed by atoms with E-state index in [9.17, 15) is 4.79 Å². The molecule has 0 radical (unpaired) electrons. The van der Waals surface area contributed by atoms with Gasteiger partial charge in [0, 0.05) is 23.7 Å². The highest BCUT2D eigenvalue weighted by atomic mass is 32.2. The number of H-pyrrole nitrogens is 1. The molecule has 1 amide bonds. The van der Waals surface area contributed by atoms with Gasteiger partial charge in [-0.3, -0.25) is 15.1 Å². The molecule has 1 aromatic carbocycles. The lowest BCUT2D eigenvalue weighted by Gasteiger charge is -2.04. The Hall–Kier alpha value is -2.08. The molecule has 2 heterocycles. The van der Waals surface area contributed by atoms with Crippen molar-refractivity contribution in [3.05, 3.63) is 48.3 Å². The van der Waals surface area contributed by atoms with E-state index < -0.39 is 0 Å². The molecule has 1 aromatic heterocycles. The van der Waals surface area contributed by atoms with Crippen molar-refractivity contribution in [1.29, 1.82) is 0 Å². The van der Waals surface area contributed by atoms with E-state index in [-0.39, 0.29) is 11.9 Å². The number of rotatable bonds is 3. The van der Waals surface area contributed by atoms with E-state index in [0.717, 1.165) is 10.6 Å². The second-order valence-corrected chi connectivity index (χ2v) is 5.06. The first-order valence-electron chi connectivity index (χ1n) is 5.89. The summed E-state index contributed by atoms with van der Waals surface area (Å²) in [6, 6.07) is 9.54. The average Bonchev–Trinajstić information content (AvgIpc) is 3.10. The molecule has 3 rings (SSSR count). The van der Waals surface area contributed by atoms with Crippen LogP contribution in [-0.2, 0) is 4.79 Å². The predicted octanol–water partition coefficient (Wildman–Crippen LogP) is 1.91. The Balaban J connectivity index is 1.71. The number of aromatic nitrogens is 2. The molecule has 0 fully saturated rings. The average molecular weight is 272 g/mol. The summed E-state index contributed by atoms with van der Waals surface area (Å²) in [6.45, 7) is 0. The molecule has 1 aliphatic rings. The molecule has 0 spiro atoms. The summed E-state index contributed by atoms with van der Waals surface area (Å²) >= 11 is 1.60. The van der Waals surface area contributed by atoms with E-state index in [4.69, 9.17) is 0 Å². The number of nitrogens with zero attached hydrogens (tertiary/aromatic N) is 2. The van der Waals surface area contributed by atoms with Crippen molar-refractivity contribution < 1.29 is 4.79 Å². The number of thioether (sulfide) groups is 1. The number of aromatic amines is 1. The van der Waals surface area contributed by atoms with Gasteiger partial charge in [0.05, 0.1) is 5.04 Å². The van der Waals surface area contributed by atoms with E-state index in [1.54, 1.807) is 24.2 Å². The lowest BCUT2D eigenvalue weighted by atomic mass is 10.2. The van der Waals surface area contributed by atoms with E-state index in [2.05, 4.69) is 20.3 Å². The van der Waals surface area contributed by atoms with Gasteiger partial charge in [-0.1, -0.05) is 30.3 Å². The number of carbonyl (C=O) groups excluding carboxylic acids is 1. The maximum absolute atomic E-state index is 12.0. The Kier molecular flexibility index (Phi) is 3.33. The zero-order valence-electron chi connectivity index (χ0n) is 10.0. The molecule has 2 aromatic rings. The normalized spacial score (nSPS) is 18.1. The number of hydrogen-bond acceptors (Lipinski definition) is 4. The van der Waals surface area contributed by atoms with Gasteiger partial charge in [-0.25, -0.2) is 4.98 Å². The van der Waals surface area contributed by atoms with Gasteiger partial charge >= 0.3 is 0 Å². The molecular formula is C13H12N4OS. The molecule has 6 heteroatoms. The topological polar surface area (TPSA) is 70.1 Å². The minimum absolute atomic E-state index is 0.131. The van der Waals surface area contributed by atoms with Crippen LogP contribution in [-0.4, -0.2) is 32.7 Å². The van der Waals surface area contributed by atoms with Crippen molar-refractivity contribution in [2.45, 2.75) is 6.04 Å². The number of amides is 1. The quantitative estimate of drug-likeness (QED) is 0.896. The maximum atomic E-state index is 12.0. The summed E-state index contributed by atoms with van der Waals surface area (Å²) in [5, 5.41) is 3.63. The Morgan fingerprint density at radius 2 is 2.21 bits per heavy atom. The molecule has 0 saturated heterocycles. The summed E-state index contributed by atoms with van der Waals surface area (Å²) in [5.41, 5.74) is 1.06. The van der Waals surface area contributed by atoms with Gasteiger partial charge in [0.15, 0.2) is 0 Å². The smallest absolute Gasteiger partial charge is 0.252 e. The number of aliphatic imine (C=N–C) groups is 1. The van der Waals surface area contributed by atoms with E-state index in [1.165, 1.54) is 0 Å². The van der Waals surface area contributed by atoms with Crippen LogP contribution in [0.4, 0.5) is 5.95 Å². The second-order valence-electron chi connectivity index (χ2n) is 4.05. The lowest BCUT2D eigenvalue weighted by Crippen LogP contribution is -2.26. The monoisotopic (exact) mass is 272 g/mol. The van der Waals surface area contributed by atoms with Crippen molar-refractivity contribution in [3.8, 4) is 0 Å². The van der Waals surface area contributed by atoms with Gasteiger partial charge in [0.1, 0.15) is 6.04 Å². The lowest BCUT2D eigenvalue weighted by molar-refractivity contribution is -0.116. The summed E-state index contributed by atoms with van der Waals surface area (Å²) in [7, 11) is 0. The summed E-state index contributed by atoms with van der Waals surface area (Å²) in [5.74, 6) is 0.989. The Labute approximate surface area is 114 Å². The first kappa shape index (κ1) is 12.0. The molecular weight excluding hydrogens is 260 g/mol. The fourth-order valence-corrected chi connectivity index (χ4v) is 2.83. The van der Waals surface area contributed by atoms with Crippen LogP contribution in [0, 0.1) is 0 Å². The van der Waals surface area contributed by atoms with Crippen molar-refractivity contribution in [3.63, 3.8) is 0 Å². The Bertz CT molecular complexity index is 594. The largest absolute Gasteiger partial charge is 0.331 e. The molecule has 0 saturated carbocycles. The van der Waals surface area contributed by atoms with Crippen LogP contribution in [0.3, 0.4) is 0 Å². The molecule has 0 aliphatic carbocycles. The maximum Gasteiger partial charge on any atom is 0.252 e. The third-order valence-electron chi connectivity index (χ3n) is 2.71. The van der Waals surface area contributed by atoms with Crippen molar-refractivity contribution in [2.24, 2.45) is 4.99 Å². The molecule has 96 valence electrons. The van der Waals surface area contributed by atoms with Gasteiger partial charge in [0.2, 0.25) is 5.95 Å². The van der Waals surface area contributed by atoms with Crippen LogP contribution >= 0.6 is 11.8 Å². The SMILES string of the molecule is O=C(Nc1ncc[nH]1)C1CSC(c2ccccc2)=N1. The third-order valence-corrected chi connectivity index (χ3v) is 3.81. The van der Waals surface area contributed by atoms with Gasteiger partial charge in [-0.2, -0.15) is 0 Å². The van der Waals surface area contributed by atoms with Gasteiger partial charge in [-0.05, 0) is 0 Å². The summed E-state index contributed by atoms with van der Waals surface area (Å²) < 4.78 is 0. The van der Waals surface area contributed by atoms with Crippen LogP contribution in [0.2, 0.25) is 0 Å². The fraction of sp³-hybridized carbons (Fsp3) is 0.154. The van der Waals surface area contributed by atoms with E-state index >= 15 is 0 Å². The highest BCUT2D eigenvalue weighted by Gasteiger charge is 2.26. The Morgan fingerprint density at radius 1 is 1.37 bits per heavy atom. The molecule has 19 heavy (non-hydrogen) atoms. The van der Waals surface area contributed by atoms with Crippen LogP contribution in [0.1, 0.15) is 5.56 Å². The van der Waals surface area contributed by atoms with Crippen LogP contribution in [0.25, 0.3) is 0 Å². The molecule has 1 aliphatic heterocycles. The van der Waals surface area contributed by atoms with Gasteiger partial charge in [-0.15, -0.1) is 11.8 Å². The summed E-state index contributed by atoms with van der Waals surface area (Å²) in [6.07, 6.45) is 3.26. The minimum atomic E-state index is -0.356. The predicted molar refractivity (Wildman–Crippen MR) is 76.4 cm³/mol. The molecule has 0 bridgehead atoms. The second kappa shape index (κ2) is 5.27. The number of benzene rings is 1. The first-order valence-corrected chi connectivity index (χ1v) is 6.88. The first-order chi connectivity index (χ1) is 9.33. The molecule has 1 atom stereocenters. The zero-order valence-corrected chi connectivity index (χ0v) is 10.9. The molecule has 5 nitrogen and oxygen atoms in total. The van der Waals surface area contributed by atoms with Crippen molar-refractivity contribution in [1.82, 2.24) is 9.97 Å².